The third-order valence-electron chi connectivity index (χ3n) is 4.36. The van der Waals surface area contributed by atoms with Gasteiger partial charge in [0.2, 0.25) is 0 Å². The van der Waals surface area contributed by atoms with Crippen molar-refractivity contribution in [1.82, 2.24) is 9.97 Å². The summed E-state index contributed by atoms with van der Waals surface area (Å²) in [6, 6.07) is 12.1. The van der Waals surface area contributed by atoms with Gasteiger partial charge in [0, 0.05) is 23.2 Å². The van der Waals surface area contributed by atoms with Gasteiger partial charge in [0.1, 0.15) is 11.9 Å². The van der Waals surface area contributed by atoms with Crippen molar-refractivity contribution in [2.75, 3.05) is 0 Å². The van der Waals surface area contributed by atoms with Crippen LogP contribution in [0.5, 0.6) is 0 Å². The van der Waals surface area contributed by atoms with Gasteiger partial charge < -0.3 is 25.3 Å². The first kappa shape index (κ1) is 40.6. The number of benzene rings is 1. The fourth-order valence-corrected chi connectivity index (χ4v) is 2.29. The van der Waals surface area contributed by atoms with Crippen molar-refractivity contribution in [3.63, 3.8) is 0 Å². The Hall–Kier alpha value is -3.52. The number of aliphatic carboxylic acids is 2. The fourth-order valence-electron chi connectivity index (χ4n) is 2.29. The Morgan fingerprint density at radius 3 is 1.00 bits per heavy atom. The van der Waals surface area contributed by atoms with Crippen LogP contribution in [0.1, 0.15) is 0 Å². The van der Waals surface area contributed by atoms with E-state index in [4.69, 9.17) is 0 Å². The molecule has 0 bridgehead atoms. The molecule has 0 fully saturated rings. The topological polar surface area (TPSA) is 139 Å². The summed E-state index contributed by atoms with van der Waals surface area (Å²) in [5.74, 6) is -33.4. The molecular weight excluding hydrogens is 678 g/mol. The molecule has 0 saturated heterocycles. The third-order valence-corrected chi connectivity index (χ3v) is 4.36. The van der Waals surface area contributed by atoms with E-state index in [1.807, 2.05) is 12.1 Å². The average molecular weight is 689 g/mol. The van der Waals surface area contributed by atoms with Crippen molar-refractivity contribution in [3.8, 4) is 0 Å². The van der Waals surface area contributed by atoms with Crippen molar-refractivity contribution in [2.24, 2.45) is 0 Å². The van der Waals surface area contributed by atoms with Gasteiger partial charge >= 0.3 is 53.1 Å². The molecule has 0 aliphatic heterocycles. The minimum atomic E-state index is -6.64. The number of carbonyl (C=O) groups is 2. The summed E-state index contributed by atoms with van der Waals surface area (Å²) in [4.78, 5) is 27.2. The number of pyridine rings is 2. The molecule has 22 heteroatoms. The second kappa shape index (κ2) is 13.6. The van der Waals surface area contributed by atoms with Crippen molar-refractivity contribution in [2.45, 2.75) is 36.0 Å². The summed E-state index contributed by atoms with van der Waals surface area (Å²) >= 11 is 0. The largest absolute Gasteiger partial charge is 2.00 e. The summed E-state index contributed by atoms with van der Waals surface area (Å²) in [6.45, 7) is 0. The molecule has 0 atom stereocenters. The number of nitrogens with zero attached hydrogens (tertiary/aromatic N) is 2. The van der Waals surface area contributed by atoms with Gasteiger partial charge in [-0.2, -0.15) is 61.5 Å². The molecule has 0 saturated carbocycles. The minimum absolute atomic E-state index is 0. The van der Waals surface area contributed by atoms with Crippen LogP contribution in [0.2, 0.25) is 0 Å². The summed E-state index contributed by atoms with van der Waals surface area (Å²) in [5.41, 5.74) is 1.95. The molecule has 3 N–H and O–H groups in total. The average Bonchev–Trinajstić information content (AvgIpc) is 2.83. The van der Waals surface area contributed by atoms with Gasteiger partial charge in [0.15, 0.2) is 0 Å². The van der Waals surface area contributed by atoms with Crippen molar-refractivity contribution in [3.05, 3.63) is 48.8 Å². The maximum Gasteiger partial charge on any atom is 2.00 e. The van der Waals surface area contributed by atoms with E-state index in [2.05, 4.69) is 34.2 Å². The number of rotatable bonds is 4. The maximum atomic E-state index is 11.7. The van der Waals surface area contributed by atoms with Gasteiger partial charge in [-0.3, -0.25) is 9.97 Å². The number of carboxylic acid groups (broad SMARTS) is 2. The third kappa shape index (κ3) is 8.06. The molecule has 3 rings (SSSR count). The van der Waals surface area contributed by atoms with E-state index in [9.17, 15) is 81.3 Å². The van der Waals surface area contributed by atoms with E-state index in [1.54, 1.807) is 12.4 Å². The molecule has 0 aliphatic rings. The van der Waals surface area contributed by atoms with Gasteiger partial charge in [0.05, 0.1) is 11.0 Å². The molecule has 0 unspecified atom stereocenters. The van der Waals surface area contributed by atoms with Gasteiger partial charge in [-0.05, 0) is 12.1 Å². The number of alkyl halides is 14. The molecule has 42 heavy (non-hydrogen) atoms. The molecular formula is C20H11CuF14N2O5+. The fraction of sp³-hybridized carbons (Fsp3) is 0.300. The molecule has 2 aromatic heterocycles. The summed E-state index contributed by atoms with van der Waals surface area (Å²) in [7, 11) is 0. The standard InChI is InChI=1S/C12H8N2.2C4HF7O2.Cu.H2O/c1-3-9-5-6-10-4-2-8-14-12(10)11(9)13-7-1;2*5-2(6,1(12)13)3(7,8)4(9,10)11;;/h1-8H;2*(H,12,13);;1H2/q;;;+2;/p-1. The molecule has 0 amide bonds. The Balaban J connectivity index is 0. The van der Waals surface area contributed by atoms with Crippen LogP contribution in [0, 0.1) is 0 Å². The zero-order valence-electron chi connectivity index (χ0n) is 19.3. The van der Waals surface area contributed by atoms with Crippen molar-refractivity contribution >= 4 is 33.7 Å². The molecule has 0 aliphatic carbocycles. The van der Waals surface area contributed by atoms with E-state index < -0.39 is 48.0 Å². The number of carbonyl (C=O) groups excluding carboxylic acids is 2. The van der Waals surface area contributed by atoms with Gasteiger partial charge in [-0.15, -0.1) is 0 Å². The normalized spacial score (nSPS) is 12.5. The van der Waals surface area contributed by atoms with E-state index >= 15 is 0 Å². The van der Waals surface area contributed by atoms with E-state index in [0.29, 0.717) is 0 Å². The Kier molecular flexibility index (Phi) is 13.2. The minimum Gasteiger partial charge on any atom is -0.544 e. The number of aromatic nitrogens is 2. The SMILES string of the molecule is O=C([O-])C(F)(F)C(F)(F)C(F)(F)F.O=C([O-])C(F)(F)C(F)(F)C(F)(F)F.[Cu+2].[OH3+].c1cnc2c(c1)ccc1cccnc12. The van der Waals surface area contributed by atoms with Crippen LogP contribution in [0.4, 0.5) is 61.5 Å². The van der Waals surface area contributed by atoms with E-state index in [0.717, 1.165) is 21.8 Å². The molecule has 2 heterocycles. The molecule has 1 aromatic carbocycles. The predicted molar refractivity (Wildman–Crippen MR) is 104 cm³/mol. The molecule has 1 radical (unpaired) electrons. The van der Waals surface area contributed by atoms with Gasteiger partial charge in [-0.1, -0.05) is 24.3 Å². The maximum absolute atomic E-state index is 11.7. The first-order chi connectivity index (χ1) is 17.8. The van der Waals surface area contributed by atoms with Crippen LogP contribution < -0.4 is 10.2 Å². The van der Waals surface area contributed by atoms with Gasteiger partial charge in [0.25, 0.3) is 0 Å². The zero-order chi connectivity index (χ0) is 31.5. The molecule has 3 aromatic rings. The number of hydrogen-bond donors (Lipinski definition) is 0. The van der Waals surface area contributed by atoms with Gasteiger partial charge in [-0.25, -0.2) is 0 Å². The second-order valence-corrected chi connectivity index (χ2v) is 7.08. The monoisotopic (exact) mass is 688 g/mol. The summed E-state index contributed by atoms with van der Waals surface area (Å²) in [5, 5.41) is 20.8. The Morgan fingerprint density at radius 2 is 0.810 bits per heavy atom. The van der Waals surface area contributed by atoms with E-state index in [1.165, 1.54) is 0 Å². The predicted octanol–water partition coefficient (Wildman–Crippen LogP) is 3.00. The number of hydrogen-bond acceptors (Lipinski definition) is 6. The van der Waals surface area contributed by atoms with Crippen LogP contribution in [-0.2, 0) is 32.1 Å². The smallest absolute Gasteiger partial charge is 0.544 e. The van der Waals surface area contributed by atoms with Crippen molar-refractivity contribution in [1.29, 1.82) is 0 Å². The Morgan fingerprint density at radius 1 is 0.548 bits per heavy atom. The van der Waals surface area contributed by atoms with Crippen LogP contribution in [0.15, 0.2) is 48.8 Å². The van der Waals surface area contributed by atoms with E-state index in [-0.39, 0.29) is 22.5 Å². The Labute approximate surface area is 232 Å². The molecule has 0 spiro atoms. The first-order valence-corrected chi connectivity index (χ1v) is 9.50. The van der Waals surface area contributed by atoms with Crippen LogP contribution in [0.3, 0.4) is 0 Å². The number of halogens is 14. The number of carboxylic acids is 2. The second-order valence-electron chi connectivity index (χ2n) is 7.08. The summed E-state index contributed by atoms with van der Waals surface area (Å²) < 4.78 is 160. The summed E-state index contributed by atoms with van der Waals surface area (Å²) in [6.07, 6.45) is -9.68. The van der Waals surface area contributed by atoms with Crippen LogP contribution in [-0.4, -0.2) is 57.9 Å². The number of fused-ring (bicyclic) bond motifs is 3. The quantitative estimate of drug-likeness (QED) is 0.179. The molecule has 7 nitrogen and oxygen atoms in total. The Bertz CT molecular complexity index is 1260. The molecule has 239 valence electrons. The van der Waals surface area contributed by atoms with Crippen LogP contribution >= 0.6 is 0 Å². The van der Waals surface area contributed by atoms with Crippen LogP contribution in [0.25, 0.3) is 21.8 Å². The first-order valence-electron chi connectivity index (χ1n) is 9.50. The van der Waals surface area contributed by atoms with Crippen molar-refractivity contribution < 1.29 is 104 Å². The zero-order valence-corrected chi connectivity index (χ0v) is 20.3.